The lowest BCUT2D eigenvalue weighted by molar-refractivity contribution is 0.256. The number of para-hydroxylation sites is 1. The molecule has 6 heteroatoms. The standard InChI is InChI=1S/C23H23ClIN3O/c1-13-8-9-17(14(2)10-13)18-6-5-7-19-22(18)28(25)23(26-19)27-21-15(3)11-16(24)12-20(21)29-4/h5-12,15,21H,1-4H3,(H,26,27). The van der Waals surface area contributed by atoms with Crippen LogP contribution in [0.2, 0.25) is 0 Å². The Labute approximate surface area is 190 Å². The molecule has 1 aliphatic rings. The van der Waals surface area contributed by atoms with Crippen molar-refractivity contribution in [2.75, 3.05) is 12.4 Å². The highest BCUT2D eigenvalue weighted by Crippen LogP contribution is 2.36. The van der Waals surface area contributed by atoms with Crippen LogP contribution in [0.15, 0.2) is 59.3 Å². The number of nitrogens with zero attached hydrogens (tertiary/aromatic N) is 2. The van der Waals surface area contributed by atoms with Crippen molar-refractivity contribution in [3.05, 3.63) is 70.5 Å². The van der Waals surface area contributed by atoms with E-state index in [0.29, 0.717) is 5.03 Å². The van der Waals surface area contributed by atoms with Crippen LogP contribution in [0.25, 0.3) is 22.2 Å². The minimum absolute atomic E-state index is 0.0302. The molecule has 4 nitrogen and oxygen atoms in total. The summed E-state index contributed by atoms with van der Waals surface area (Å²) in [6.45, 7) is 6.39. The minimum atomic E-state index is -0.0302. The Morgan fingerprint density at radius 2 is 1.97 bits per heavy atom. The van der Waals surface area contributed by atoms with Gasteiger partial charge in [0.1, 0.15) is 5.76 Å². The van der Waals surface area contributed by atoms with Crippen molar-refractivity contribution in [2.24, 2.45) is 5.92 Å². The van der Waals surface area contributed by atoms with Crippen LogP contribution in [-0.4, -0.2) is 20.9 Å². The van der Waals surface area contributed by atoms with E-state index in [1.54, 1.807) is 7.11 Å². The van der Waals surface area contributed by atoms with E-state index in [9.17, 15) is 0 Å². The van der Waals surface area contributed by atoms with Gasteiger partial charge in [-0.3, -0.25) is 0 Å². The molecule has 2 atom stereocenters. The maximum atomic E-state index is 6.22. The van der Waals surface area contributed by atoms with E-state index in [1.807, 2.05) is 12.2 Å². The maximum absolute atomic E-state index is 6.22. The molecule has 0 bridgehead atoms. The van der Waals surface area contributed by atoms with E-state index < -0.39 is 0 Å². The number of fused-ring (bicyclic) bond motifs is 1. The third kappa shape index (κ3) is 3.78. The number of imidazole rings is 1. The highest BCUT2D eigenvalue weighted by molar-refractivity contribution is 14.1. The highest BCUT2D eigenvalue weighted by atomic mass is 127. The molecule has 1 heterocycles. The number of nitrogens with one attached hydrogen (secondary N) is 1. The van der Waals surface area contributed by atoms with Gasteiger partial charge >= 0.3 is 0 Å². The second-order valence-electron chi connectivity index (χ2n) is 7.49. The molecule has 0 saturated heterocycles. The molecule has 150 valence electrons. The zero-order valence-corrected chi connectivity index (χ0v) is 19.7. The predicted octanol–water partition coefficient (Wildman–Crippen LogP) is 6.60. The average molecular weight is 520 g/mol. The molecule has 2 aromatic carbocycles. The van der Waals surface area contributed by atoms with Crippen LogP contribution in [0.1, 0.15) is 18.1 Å². The Bertz CT molecular complexity index is 1150. The summed E-state index contributed by atoms with van der Waals surface area (Å²) in [5.41, 5.74) is 6.98. The minimum Gasteiger partial charge on any atom is -0.499 e. The van der Waals surface area contributed by atoms with Crippen LogP contribution >= 0.6 is 34.5 Å². The van der Waals surface area contributed by atoms with Gasteiger partial charge in [0.25, 0.3) is 0 Å². The first-order valence-corrected chi connectivity index (χ1v) is 10.9. The Hall–Kier alpha value is -1.99. The first kappa shape index (κ1) is 20.3. The van der Waals surface area contributed by atoms with Gasteiger partial charge in [-0.1, -0.05) is 60.5 Å². The van der Waals surface area contributed by atoms with Gasteiger partial charge < -0.3 is 10.1 Å². The molecular formula is C23H23ClIN3O. The maximum Gasteiger partial charge on any atom is 0.213 e. The van der Waals surface area contributed by atoms with Gasteiger partial charge in [0.15, 0.2) is 0 Å². The van der Waals surface area contributed by atoms with E-state index in [4.69, 9.17) is 21.3 Å². The van der Waals surface area contributed by atoms with E-state index in [-0.39, 0.29) is 12.0 Å². The Kier molecular flexibility index (Phi) is 5.62. The third-order valence-corrected chi connectivity index (χ3v) is 6.52. The summed E-state index contributed by atoms with van der Waals surface area (Å²) in [6, 6.07) is 12.8. The monoisotopic (exact) mass is 519 g/mol. The zero-order chi connectivity index (χ0) is 20.7. The molecule has 0 radical (unpaired) electrons. The van der Waals surface area contributed by atoms with Gasteiger partial charge in [0, 0.05) is 16.5 Å². The van der Waals surface area contributed by atoms with Gasteiger partial charge in [0.05, 0.1) is 47.0 Å². The quantitative estimate of drug-likeness (QED) is 0.395. The molecule has 29 heavy (non-hydrogen) atoms. The Morgan fingerprint density at radius 3 is 2.69 bits per heavy atom. The number of benzene rings is 2. The first-order chi connectivity index (χ1) is 13.9. The van der Waals surface area contributed by atoms with Crippen molar-refractivity contribution in [3.8, 4) is 11.1 Å². The Balaban J connectivity index is 1.79. The number of rotatable bonds is 4. The zero-order valence-electron chi connectivity index (χ0n) is 16.8. The second-order valence-corrected chi connectivity index (χ2v) is 8.89. The predicted molar refractivity (Wildman–Crippen MR) is 130 cm³/mol. The average Bonchev–Trinajstić information content (AvgIpc) is 2.99. The second kappa shape index (κ2) is 8.03. The van der Waals surface area contributed by atoms with Gasteiger partial charge in [-0.2, -0.15) is 0 Å². The molecule has 1 aliphatic carbocycles. The molecule has 1 aromatic heterocycles. The van der Waals surface area contributed by atoms with E-state index in [2.05, 4.69) is 88.1 Å². The SMILES string of the molecule is COC1=CC(Cl)=CC(C)C1Nc1nc2cccc(-c3ccc(C)cc3C)c2n1I. The molecule has 4 rings (SSSR count). The molecule has 0 spiro atoms. The summed E-state index contributed by atoms with van der Waals surface area (Å²) >= 11 is 8.54. The summed E-state index contributed by atoms with van der Waals surface area (Å²) in [5, 5.41) is 4.26. The molecule has 1 N–H and O–H groups in total. The number of ether oxygens (including phenoxy) is 1. The lowest BCUT2D eigenvalue weighted by Crippen LogP contribution is -2.32. The van der Waals surface area contributed by atoms with E-state index >= 15 is 0 Å². The normalized spacial score (nSPS) is 19.1. The summed E-state index contributed by atoms with van der Waals surface area (Å²) in [7, 11) is 1.67. The number of halogens is 2. The lowest BCUT2D eigenvalue weighted by Gasteiger charge is -2.28. The van der Waals surface area contributed by atoms with Gasteiger partial charge in [-0.25, -0.2) is 7.76 Å². The fourth-order valence-corrected chi connectivity index (χ4v) is 4.98. The van der Waals surface area contributed by atoms with E-state index in [1.165, 1.54) is 22.3 Å². The van der Waals surface area contributed by atoms with Gasteiger partial charge in [0.2, 0.25) is 5.95 Å². The van der Waals surface area contributed by atoms with Crippen LogP contribution < -0.4 is 5.32 Å². The number of hydrogen-bond acceptors (Lipinski definition) is 3. The van der Waals surface area contributed by atoms with Crippen molar-refractivity contribution < 1.29 is 4.74 Å². The molecule has 0 saturated carbocycles. The fourth-order valence-electron chi connectivity index (χ4n) is 3.92. The summed E-state index contributed by atoms with van der Waals surface area (Å²) in [4.78, 5) is 4.87. The molecular weight excluding hydrogens is 497 g/mol. The van der Waals surface area contributed by atoms with Crippen molar-refractivity contribution in [1.29, 1.82) is 0 Å². The number of aryl methyl sites for hydroxylation is 2. The Morgan fingerprint density at radius 1 is 1.17 bits per heavy atom. The number of hydrogen-bond donors (Lipinski definition) is 1. The van der Waals surface area contributed by atoms with E-state index in [0.717, 1.165) is 22.7 Å². The lowest BCUT2D eigenvalue weighted by atomic mass is 9.95. The van der Waals surface area contributed by atoms with Crippen LogP contribution in [0, 0.1) is 19.8 Å². The van der Waals surface area contributed by atoms with Gasteiger partial charge in [-0.05, 0) is 37.1 Å². The number of anilines is 1. The van der Waals surface area contributed by atoms with Crippen LogP contribution in [-0.2, 0) is 4.74 Å². The third-order valence-electron chi connectivity index (χ3n) is 5.35. The number of allylic oxidation sites excluding steroid dienone is 2. The van der Waals surface area contributed by atoms with Crippen molar-refractivity contribution in [1.82, 2.24) is 7.76 Å². The summed E-state index contributed by atoms with van der Waals surface area (Å²) in [6.07, 6.45) is 3.89. The molecule has 3 aromatic rings. The van der Waals surface area contributed by atoms with Crippen LogP contribution in [0.3, 0.4) is 0 Å². The summed E-state index contributed by atoms with van der Waals surface area (Å²) < 4.78 is 7.68. The smallest absolute Gasteiger partial charge is 0.213 e. The van der Waals surface area contributed by atoms with Gasteiger partial charge in [-0.15, -0.1) is 0 Å². The van der Waals surface area contributed by atoms with Crippen molar-refractivity contribution in [2.45, 2.75) is 26.8 Å². The fraction of sp³-hybridized carbons (Fsp3) is 0.261. The first-order valence-electron chi connectivity index (χ1n) is 9.53. The largest absolute Gasteiger partial charge is 0.499 e. The molecule has 2 unspecified atom stereocenters. The topological polar surface area (TPSA) is 39.1 Å². The number of methoxy groups -OCH3 is 1. The summed E-state index contributed by atoms with van der Waals surface area (Å²) in [5.74, 6) is 1.78. The van der Waals surface area contributed by atoms with Crippen LogP contribution in [0.4, 0.5) is 5.95 Å². The molecule has 0 amide bonds. The molecule has 0 aliphatic heterocycles. The number of aromatic nitrogens is 2. The van der Waals surface area contributed by atoms with Crippen molar-refractivity contribution >= 4 is 51.4 Å². The van der Waals surface area contributed by atoms with Crippen molar-refractivity contribution in [3.63, 3.8) is 0 Å². The highest BCUT2D eigenvalue weighted by Gasteiger charge is 2.27. The molecule has 0 fully saturated rings. The van der Waals surface area contributed by atoms with Crippen LogP contribution in [0.5, 0.6) is 0 Å².